The van der Waals surface area contributed by atoms with E-state index in [0.29, 0.717) is 6.04 Å². The number of nitrogens with one attached hydrogen (secondary N) is 1. The van der Waals surface area contributed by atoms with Gasteiger partial charge >= 0.3 is 0 Å². The zero-order chi connectivity index (χ0) is 9.26. The largest absolute Gasteiger partial charge is 0.501 e. The molecule has 0 spiro atoms. The Morgan fingerprint density at radius 2 is 2.38 bits per heavy atom. The van der Waals surface area contributed by atoms with Crippen LogP contribution in [0.2, 0.25) is 0 Å². The molecule has 0 saturated carbocycles. The van der Waals surface area contributed by atoms with Gasteiger partial charge in [0.05, 0.1) is 12.9 Å². The van der Waals surface area contributed by atoms with E-state index in [1.54, 1.807) is 18.3 Å². The maximum atomic E-state index is 5.29. The molecule has 2 heteroatoms. The van der Waals surface area contributed by atoms with E-state index in [2.05, 4.69) is 18.3 Å². The van der Waals surface area contributed by atoms with E-state index in [0.717, 1.165) is 25.1 Å². The smallest absolute Gasteiger partial charge is 0.0960 e. The number of methoxy groups -OCH3 is 1. The summed E-state index contributed by atoms with van der Waals surface area (Å²) in [5.74, 6) is 1.13. The van der Waals surface area contributed by atoms with Crippen LogP contribution in [0.25, 0.3) is 0 Å². The van der Waals surface area contributed by atoms with Crippen molar-refractivity contribution in [1.29, 1.82) is 0 Å². The summed E-state index contributed by atoms with van der Waals surface area (Å²) in [4.78, 5) is 0. The Hall–Kier alpha value is -0.760. The van der Waals surface area contributed by atoms with Crippen LogP contribution in [0.4, 0.5) is 0 Å². The Kier molecular flexibility index (Phi) is 2.40. The van der Waals surface area contributed by atoms with Crippen molar-refractivity contribution in [3.63, 3.8) is 0 Å². The highest BCUT2D eigenvalue weighted by Gasteiger charge is 2.22. The Morgan fingerprint density at radius 3 is 3.15 bits per heavy atom. The van der Waals surface area contributed by atoms with Gasteiger partial charge in [-0.25, -0.2) is 0 Å². The molecular weight excluding hydrogens is 162 g/mol. The molecule has 0 radical (unpaired) electrons. The van der Waals surface area contributed by atoms with Crippen molar-refractivity contribution in [1.82, 2.24) is 5.32 Å². The maximum Gasteiger partial charge on any atom is 0.0960 e. The average Bonchev–Trinajstić information content (AvgIpc) is 2.18. The lowest BCUT2D eigenvalue weighted by Gasteiger charge is -2.30. The summed E-state index contributed by atoms with van der Waals surface area (Å²) in [7, 11) is 1.76. The van der Waals surface area contributed by atoms with Gasteiger partial charge in [0, 0.05) is 12.5 Å². The van der Waals surface area contributed by atoms with Gasteiger partial charge in [-0.2, -0.15) is 0 Å². The summed E-state index contributed by atoms with van der Waals surface area (Å²) in [5.41, 5.74) is 3.19. The van der Waals surface area contributed by atoms with Crippen molar-refractivity contribution in [3.05, 3.63) is 23.0 Å². The minimum Gasteiger partial charge on any atom is -0.501 e. The molecule has 13 heavy (non-hydrogen) atoms. The zero-order valence-corrected chi connectivity index (χ0v) is 8.39. The molecule has 2 rings (SSSR count). The Labute approximate surface area is 79.7 Å². The second kappa shape index (κ2) is 3.54. The normalized spacial score (nSPS) is 28.2. The predicted molar refractivity (Wildman–Crippen MR) is 53.4 cm³/mol. The average molecular weight is 179 g/mol. The van der Waals surface area contributed by atoms with Gasteiger partial charge in [0.1, 0.15) is 0 Å². The van der Waals surface area contributed by atoms with Crippen LogP contribution in [0.3, 0.4) is 0 Å². The Bertz CT molecular complexity index is 265. The van der Waals surface area contributed by atoms with Crippen molar-refractivity contribution in [2.45, 2.75) is 32.2 Å². The lowest BCUT2D eigenvalue weighted by Crippen LogP contribution is -2.35. The van der Waals surface area contributed by atoms with Crippen LogP contribution in [0, 0.1) is 0 Å². The quantitative estimate of drug-likeness (QED) is 0.621. The fourth-order valence-corrected chi connectivity index (χ4v) is 2.19. The van der Waals surface area contributed by atoms with Gasteiger partial charge in [-0.15, -0.1) is 0 Å². The maximum absolute atomic E-state index is 5.29. The van der Waals surface area contributed by atoms with Crippen LogP contribution in [0.1, 0.15) is 26.2 Å². The standard InChI is InChI=1S/C11H17NO/c1-8-11-7-10(13-2)4-3-9(11)5-6-12-8/h4,8,12H,3,5-7H2,1-2H3. The van der Waals surface area contributed by atoms with Crippen LogP contribution in [-0.4, -0.2) is 19.7 Å². The number of allylic oxidation sites excluding steroid dienone is 2. The molecule has 0 saturated heterocycles. The second-order valence-electron chi connectivity index (χ2n) is 3.81. The van der Waals surface area contributed by atoms with E-state index in [1.165, 1.54) is 6.42 Å². The van der Waals surface area contributed by atoms with Crippen molar-refractivity contribution >= 4 is 0 Å². The first-order valence-electron chi connectivity index (χ1n) is 4.98. The van der Waals surface area contributed by atoms with Crippen LogP contribution in [0.15, 0.2) is 23.0 Å². The molecule has 1 atom stereocenters. The molecule has 2 aliphatic rings. The lowest BCUT2D eigenvalue weighted by molar-refractivity contribution is 0.275. The summed E-state index contributed by atoms with van der Waals surface area (Å²) in [6.07, 6.45) is 5.55. The molecule has 1 aliphatic carbocycles. The van der Waals surface area contributed by atoms with Crippen LogP contribution < -0.4 is 5.32 Å². The first-order chi connectivity index (χ1) is 6.31. The summed E-state index contributed by atoms with van der Waals surface area (Å²) < 4.78 is 5.29. The lowest BCUT2D eigenvalue weighted by atomic mass is 9.87. The van der Waals surface area contributed by atoms with Gasteiger partial charge in [0.25, 0.3) is 0 Å². The van der Waals surface area contributed by atoms with Gasteiger partial charge in [-0.1, -0.05) is 5.57 Å². The molecule has 1 aliphatic heterocycles. The summed E-state index contributed by atoms with van der Waals surface area (Å²) in [5, 5.41) is 3.49. The monoisotopic (exact) mass is 179 g/mol. The third kappa shape index (κ3) is 1.63. The first-order valence-corrected chi connectivity index (χ1v) is 4.98. The van der Waals surface area contributed by atoms with Crippen molar-refractivity contribution < 1.29 is 4.74 Å². The summed E-state index contributed by atoms with van der Waals surface area (Å²) >= 11 is 0. The Morgan fingerprint density at radius 1 is 1.54 bits per heavy atom. The minimum absolute atomic E-state index is 0.544. The van der Waals surface area contributed by atoms with Crippen molar-refractivity contribution in [2.75, 3.05) is 13.7 Å². The highest BCUT2D eigenvalue weighted by Crippen LogP contribution is 2.31. The molecule has 1 heterocycles. The minimum atomic E-state index is 0.544. The molecule has 0 aromatic carbocycles. The van der Waals surface area contributed by atoms with Gasteiger partial charge in [0.2, 0.25) is 0 Å². The number of hydrogen-bond acceptors (Lipinski definition) is 2. The van der Waals surface area contributed by atoms with Gasteiger partial charge in [-0.3, -0.25) is 0 Å². The fraction of sp³-hybridized carbons (Fsp3) is 0.636. The highest BCUT2D eigenvalue weighted by molar-refractivity contribution is 5.32. The topological polar surface area (TPSA) is 21.3 Å². The van der Waals surface area contributed by atoms with E-state index in [4.69, 9.17) is 4.74 Å². The number of hydrogen-bond donors (Lipinski definition) is 1. The predicted octanol–water partition coefficient (Wildman–Crippen LogP) is 1.99. The molecule has 0 amide bonds. The summed E-state index contributed by atoms with van der Waals surface area (Å²) in [6, 6.07) is 0.544. The molecular formula is C11H17NO. The van der Waals surface area contributed by atoms with Gasteiger partial charge in [-0.05, 0) is 38.0 Å². The Balaban J connectivity index is 2.16. The van der Waals surface area contributed by atoms with E-state index in [1.807, 2.05) is 0 Å². The highest BCUT2D eigenvalue weighted by atomic mass is 16.5. The molecule has 1 N–H and O–H groups in total. The summed E-state index contributed by atoms with van der Waals surface area (Å²) in [6.45, 7) is 3.38. The molecule has 1 unspecified atom stereocenters. The SMILES string of the molecule is COC1=CCC2=C(C1)C(C)NCC2. The number of rotatable bonds is 1. The van der Waals surface area contributed by atoms with E-state index >= 15 is 0 Å². The van der Waals surface area contributed by atoms with Crippen LogP contribution in [-0.2, 0) is 4.74 Å². The molecule has 0 fully saturated rings. The molecule has 72 valence electrons. The number of ether oxygens (including phenoxy) is 1. The molecule has 0 bridgehead atoms. The van der Waals surface area contributed by atoms with E-state index < -0.39 is 0 Å². The van der Waals surface area contributed by atoms with Crippen LogP contribution in [0.5, 0.6) is 0 Å². The van der Waals surface area contributed by atoms with Gasteiger partial charge in [0.15, 0.2) is 0 Å². The molecule has 0 aromatic rings. The molecule has 2 nitrogen and oxygen atoms in total. The first kappa shape index (κ1) is 8.82. The fourth-order valence-electron chi connectivity index (χ4n) is 2.19. The van der Waals surface area contributed by atoms with Crippen LogP contribution >= 0.6 is 0 Å². The third-order valence-electron chi connectivity index (χ3n) is 3.06. The zero-order valence-electron chi connectivity index (χ0n) is 8.39. The van der Waals surface area contributed by atoms with E-state index in [-0.39, 0.29) is 0 Å². The van der Waals surface area contributed by atoms with E-state index in [9.17, 15) is 0 Å². The van der Waals surface area contributed by atoms with Gasteiger partial charge < -0.3 is 10.1 Å². The molecule has 0 aromatic heterocycles. The van der Waals surface area contributed by atoms with Crippen molar-refractivity contribution in [3.8, 4) is 0 Å². The third-order valence-corrected chi connectivity index (χ3v) is 3.06. The second-order valence-corrected chi connectivity index (χ2v) is 3.81. The van der Waals surface area contributed by atoms with Crippen molar-refractivity contribution in [2.24, 2.45) is 0 Å².